The summed E-state index contributed by atoms with van der Waals surface area (Å²) in [5, 5.41) is 10.9. The number of carbonyl (C=O) groups excluding carboxylic acids is 1. The lowest BCUT2D eigenvalue weighted by molar-refractivity contribution is -0.0532. The van der Waals surface area contributed by atoms with Gasteiger partial charge in [0.2, 0.25) is 0 Å². The smallest absolute Gasteiger partial charge is 0.254 e. The Morgan fingerprint density at radius 3 is 2.59 bits per heavy atom. The molecule has 1 unspecified atom stereocenters. The van der Waals surface area contributed by atoms with Crippen molar-refractivity contribution in [2.24, 2.45) is 0 Å². The van der Waals surface area contributed by atoms with Gasteiger partial charge in [-0.3, -0.25) is 4.79 Å². The first kappa shape index (κ1) is 19.4. The van der Waals surface area contributed by atoms with Crippen LogP contribution >= 0.6 is 0 Å². The molecule has 144 valence electrons. The maximum atomic E-state index is 13.8. The fourth-order valence-electron chi connectivity index (χ4n) is 3.33. The number of nitrogens with zero attached hydrogens (tertiary/aromatic N) is 1. The van der Waals surface area contributed by atoms with E-state index in [9.17, 15) is 14.3 Å². The Morgan fingerprint density at radius 1 is 1.15 bits per heavy atom. The first-order valence-electron chi connectivity index (χ1n) is 9.25. The fraction of sp³-hybridized carbons (Fsp3) is 0.409. The van der Waals surface area contributed by atoms with Crippen LogP contribution in [0.5, 0.6) is 5.75 Å². The van der Waals surface area contributed by atoms with Crippen LogP contribution in [0.25, 0.3) is 0 Å². The quantitative estimate of drug-likeness (QED) is 0.889. The molecule has 1 fully saturated rings. The van der Waals surface area contributed by atoms with E-state index in [0.717, 1.165) is 5.56 Å². The zero-order valence-electron chi connectivity index (χ0n) is 16.1. The van der Waals surface area contributed by atoms with E-state index >= 15 is 0 Å². The van der Waals surface area contributed by atoms with Crippen LogP contribution in [0.2, 0.25) is 0 Å². The minimum Gasteiger partial charge on any atom is -0.491 e. The number of halogens is 1. The Kier molecular flexibility index (Phi) is 5.51. The van der Waals surface area contributed by atoms with Crippen molar-refractivity contribution >= 4 is 5.91 Å². The van der Waals surface area contributed by atoms with Gasteiger partial charge in [-0.25, -0.2) is 4.39 Å². The molecule has 3 rings (SSSR count). The number of amides is 1. The summed E-state index contributed by atoms with van der Waals surface area (Å²) in [7, 11) is 0. The highest BCUT2D eigenvalue weighted by atomic mass is 19.1. The third kappa shape index (κ3) is 4.48. The lowest BCUT2D eigenvalue weighted by Crippen LogP contribution is -2.53. The fourth-order valence-corrected chi connectivity index (χ4v) is 3.33. The zero-order valence-corrected chi connectivity index (χ0v) is 16.1. The molecule has 1 atom stereocenters. The number of hydrogen-bond donors (Lipinski definition) is 1. The van der Waals surface area contributed by atoms with Crippen LogP contribution in [0.3, 0.4) is 0 Å². The van der Waals surface area contributed by atoms with E-state index in [1.165, 1.54) is 11.6 Å². The molecular weight excluding hydrogens is 345 g/mol. The van der Waals surface area contributed by atoms with Crippen molar-refractivity contribution in [2.45, 2.75) is 39.2 Å². The number of rotatable bonds is 4. The highest BCUT2D eigenvalue weighted by molar-refractivity contribution is 5.94. The minimum atomic E-state index is -1.12. The summed E-state index contributed by atoms with van der Waals surface area (Å²) in [6.07, 6.45) is 1.23. The van der Waals surface area contributed by atoms with Crippen LogP contribution in [0.4, 0.5) is 4.39 Å². The molecule has 0 radical (unpaired) electrons. The number of benzene rings is 2. The summed E-state index contributed by atoms with van der Waals surface area (Å²) < 4.78 is 19.6. The third-order valence-electron chi connectivity index (χ3n) is 5.25. The van der Waals surface area contributed by atoms with Crippen LogP contribution in [0.1, 0.15) is 39.9 Å². The monoisotopic (exact) mass is 371 g/mol. The van der Waals surface area contributed by atoms with Crippen LogP contribution in [0, 0.1) is 26.6 Å². The Balaban J connectivity index is 1.67. The number of aryl methyl sites for hydroxylation is 3. The molecule has 0 spiro atoms. The number of ether oxygens (including phenoxy) is 1. The van der Waals surface area contributed by atoms with E-state index in [1.807, 2.05) is 32.0 Å². The number of carbonyl (C=O) groups is 1. The molecule has 1 heterocycles. The van der Waals surface area contributed by atoms with Crippen molar-refractivity contribution in [1.82, 2.24) is 4.90 Å². The van der Waals surface area contributed by atoms with Crippen LogP contribution in [0.15, 0.2) is 36.4 Å². The van der Waals surface area contributed by atoms with Crippen LogP contribution in [-0.2, 0) is 0 Å². The second-order valence-electron chi connectivity index (χ2n) is 7.55. The number of hydrogen-bond acceptors (Lipinski definition) is 3. The average Bonchev–Trinajstić information content (AvgIpc) is 2.64. The molecule has 1 saturated heterocycles. The summed E-state index contributed by atoms with van der Waals surface area (Å²) in [5.74, 6) is 0.0416. The van der Waals surface area contributed by atoms with Crippen molar-refractivity contribution in [3.05, 3.63) is 64.5 Å². The van der Waals surface area contributed by atoms with Gasteiger partial charge in [0.15, 0.2) is 0 Å². The number of piperidine rings is 1. The molecule has 5 heteroatoms. The van der Waals surface area contributed by atoms with Crippen LogP contribution in [-0.4, -0.2) is 41.2 Å². The molecule has 1 amide bonds. The van der Waals surface area contributed by atoms with Crippen molar-refractivity contribution in [3.8, 4) is 5.75 Å². The van der Waals surface area contributed by atoms with Crippen molar-refractivity contribution in [2.75, 3.05) is 19.7 Å². The molecule has 0 aromatic heterocycles. The number of β-amino-alcohol motifs (C(OH)–C–C–N with tert-alkyl or cyclic N) is 1. The minimum absolute atomic E-state index is 0.113. The highest BCUT2D eigenvalue weighted by Gasteiger charge is 2.36. The van der Waals surface area contributed by atoms with Crippen molar-refractivity contribution < 1.29 is 19.0 Å². The molecule has 1 aliphatic rings. The van der Waals surface area contributed by atoms with E-state index in [4.69, 9.17) is 4.74 Å². The molecule has 2 aromatic carbocycles. The Bertz CT molecular complexity index is 851. The summed E-state index contributed by atoms with van der Waals surface area (Å²) in [6.45, 7) is 6.53. The molecule has 0 bridgehead atoms. The summed E-state index contributed by atoms with van der Waals surface area (Å²) in [5.41, 5.74) is 2.00. The van der Waals surface area contributed by atoms with Gasteiger partial charge in [-0.15, -0.1) is 0 Å². The lowest BCUT2D eigenvalue weighted by atomic mass is 9.93. The highest BCUT2D eigenvalue weighted by Crippen LogP contribution is 2.25. The molecule has 1 aliphatic heterocycles. The Labute approximate surface area is 159 Å². The average molecular weight is 371 g/mol. The van der Waals surface area contributed by atoms with E-state index in [1.54, 1.807) is 24.0 Å². The predicted molar refractivity (Wildman–Crippen MR) is 103 cm³/mol. The zero-order chi connectivity index (χ0) is 19.6. The van der Waals surface area contributed by atoms with Gasteiger partial charge in [0.05, 0.1) is 6.54 Å². The van der Waals surface area contributed by atoms with Gasteiger partial charge in [0, 0.05) is 12.1 Å². The van der Waals surface area contributed by atoms with Crippen molar-refractivity contribution in [3.63, 3.8) is 0 Å². The van der Waals surface area contributed by atoms with Gasteiger partial charge in [-0.2, -0.15) is 0 Å². The molecule has 1 N–H and O–H groups in total. The predicted octanol–water partition coefficient (Wildman–Crippen LogP) is 3.80. The standard InChI is InChI=1S/C22H26FNO3/c1-15-6-8-19(11-17(15)3)27-14-22(26)9-4-10-24(13-22)21(25)18-7-5-16(2)20(23)12-18/h5-8,11-12,26H,4,9-10,13-14H2,1-3H3. The summed E-state index contributed by atoms with van der Waals surface area (Å²) in [4.78, 5) is 14.3. The van der Waals surface area contributed by atoms with Gasteiger partial charge < -0.3 is 14.7 Å². The normalized spacial score (nSPS) is 19.8. The third-order valence-corrected chi connectivity index (χ3v) is 5.25. The Hall–Kier alpha value is -2.40. The SMILES string of the molecule is Cc1ccc(OCC2(O)CCCN(C(=O)c3ccc(C)c(F)c3)C2)cc1C. The van der Waals surface area contributed by atoms with E-state index < -0.39 is 11.4 Å². The van der Waals surface area contributed by atoms with Gasteiger partial charge in [0.25, 0.3) is 5.91 Å². The van der Waals surface area contributed by atoms with E-state index in [-0.39, 0.29) is 19.1 Å². The molecule has 0 saturated carbocycles. The second-order valence-corrected chi connectivity index (χ2v) is 7.55. The van der Waals surface area contributed by atoms with E-state index in [2.05, 4.69) is 0 Å². The first-order valence-corrected chi connectivity index (χ1v) is 9.25. The van der Waals surface area contributed by atoms with Gasteiger partial charge in [-0.1, -0.05) is 12.1 Å². The van der Waals surface area contributed by atoms with Crippen molar-refractivity contribution in [1.29, 1.82) is 0 Å². The number of aliphatic hydroxyl groups is 1. The largest absolute Gasteiger partial charge is 0.491 e. The number of likely N-dealkylation sites (tertiary alicyclic amines) is 1. The topological polar surface area (TPSA) is 49.8 Å². The lowest BCUT2D eigenvalue weighted by Gasteiger charge is -2.39. The maximum Gasteiger partial charge on any atom is 0.254 e. The van der Waals surface area contributed by atoms with Crippen LogP contribution < -0.4 is 4.74 Å². The van der Waals surface area contributed by atoms with Gasteiger partial charge in [0.1, 0.15) is 23.8 Å². The first-order chi connectivity index (χ1) is 12.8. The summed E-state index contributed by atoms with van der Waals surface area (Å²) >= 11 is 0. The second kappa shape index (κ2) is 7.69. The molecular formula is C22H26FNO3. The van der Waals surface area contributed by atoms with Gasteiger partial charge >= 0.3 is 0 Å². The maximum absolute atomic E-state index is 13.8. The molecule has 0 aliphatic carbocycles. The molecule has 2 aromatic rings. The molecule has 4 nitrogen and oxygen atoms in total. The Morgan fingerprint density at radius 2 is 1.89 bits per heavy atom. The van der Waals surface area contributed by atoms with Gasteiger partial charge in [-0.05, 0) is 74.6 Å². The molecule has 27 heavy (non-hydrogen) atoms. The summed E-state index contributed by atoms with van der Waals surface area (Å²) in [6, 6.07) is 10.3. The van der Waals surface area contributed by atoms with E-state index in [0.29, 0.717) is 36.3 Å².